The first kappa shape index (κ1) is 33.3. The molecule has 9 rings (SSSR count). The quantitative estimate of drug-likeness (QED) is 0.191. The Morgan fingerprint density at radius 2 is 0.846 bits per heavy atom. The number of H-pyrrole nitrogens is 1. The van der Waals surface area contributed by atoms with Crippen molar-refractivity contribution in [3.05, 3.63) is 165 Å². The van der Waals surface area contributed by atoms with Gasteiger partial charge in [0.05, 0.1) is 58.9 Å². The fourth-order valence-corrected chi connectivity index (χ4v) is 9.84. The van der Waals surface area contributed by atoms with Gasteiger partial charge in [-0.3, -0.25) is 3.59 Å². The number of hydrogen-bond acceptors (Lipinski definition) is 2. The average molecular weight is 930 g/mol. The Labute approximate surface area is 334 Å². The number of halogens is 4. The highest BCUT2D eigenvalue weighted by Crippen LogP contribution is 2.48. The van der Waals surface area contributed by atoms with E-state index in [-0.39, 0.29) is 0 Å². The number of hydrogen-bond donors (Lipinski definition) is 1. The molecule has 0 radical (unpaired) electrons. The SMILES string of the molecule is BrC1=Cc2nc1c(-c1ccccc1)c1c(Br)c(Br)c(c(-c3ccccc3)c3nc(c(-c4ccccc4)c4ccc([nH]4)c2-c2ccccc2)C=C3)n1Br. The van der Waals surface area contributed by atoms with E-state index in [1.807, 2.05) is 24.3 Å². The molecule has 8 bridgehead atoms. The average Bonchev–Trinajstić information content (AvgIpc) is 3.98. The van der Waals surface area contributed by atoms with E-state index in [1.165, 1.54) is 0 Å². The number of nitrogens with zero attached hydrogens (tertiary/aromatic N) is 3. The van der Waals surface area contributed by atoms with Crippen molar-refractivity contribution in [3.8, 4) is 44.5 Å². The highest BCUT2D eigenvalue weighted by atomic mass is 79.9. The highest BCUT2D eigenvalue weighted by molar-refractivity contribution is 9.15. The topological polar surface area (TPSA) is 46.5 Å². The van der Waals surface area contributed by atoms with E-state index in [1.54, 1.807) is 0 Å². The molecule has 8 heteroatoms. The maximum absolute atomic E-state index is 5.46. The number of benzene rings is 4. The summed E-state index contributed by atoms with van der Waals surface area (Å²) in [7, 11) is 0. The maximum Gasteiger partial charge on any atom is 0.0880 e. The van der Waals surface area contributed by atoms with Gasteiger partial charge in [0.1, 0.15) is 0 Å². The van der Waals surface area contributed by atoms with Crippen molar-refractivity contribution in [2.24, 2.45) is 0 Å². The van der Waals surface area contributed by atoms with E-state index < -0.39 is 0 Å². The van der Waals surface area contributed by atoms with Gasteiger partial charge in [-0.2, -0.15) is 0 Å². The summed E-state index contributed by atoms with van der Waals surface area (Å²) in [5, 5.41) is 0. The van der Waals surface area contributed by atoms with E-state index in [2.05, 4.69) is 200 Å². The summed E-state index contributed by atoms with van der Waals surface area (Å²) in [6.45, 7) is 0. The second-order valence-corrected chi connectivity index (χ2v) is 15.6. The van der Waals surface area contributed by atoms with Gasteiger partial charge >= 0.3 is 0 Å². The summed E-state index contributed by atoms with van der Waals surface area (Å²) in [6.07, 6.45) is 6.36. The van der Waals surface area contributed by atoms with Gasteiger partial charge in [0, 0.05) is 37.8 Å². The number of nitrogens with one attached hydrogen (secondary N) is 1. The number of fused-ring (bicyclic) bond motifs is 8. The van der Waals surface area contributed by atoms with Gasteiger partial charge in [0.15, 0.2) is 0 Å². The number of rotatable bonds is 4. The molecular weight excluding hydrogens is 904 g/mol. The molecular formula is C44H26Br4N4. The van der Waals surface area contributed by atoms with E-state index in [9.17, 15) is 0 Å². The Bertz CT molecular complexity index is 2750. The first-order valence-corrected chi connectivity index (χ1v) is 19.7. The smallest absolute Gasteiger partial charge is 0.0880 e. The lowest BCUT2D eigenvalue weighted by molar-refractivity contribution is 1.30. The van der Waals surface area contributed by atoms with Crippen LogP contribution in [0.2, 0.25) is 0 Å². The van der Waals surface area contributed by atoms with Crippen LogP contribution in [0.3, 0.4) is 0 Å². The molecule has 0 fully saturated rings. The minimum absolute atomic E-state index is 0.818. The molecule has 52 heavy (non-hydrogen) atoms. The minimum atomic E-state index is 0.818. The Hall–Kier alpha value is -4.60. The third-order valence-corrected chi connectivity index (χ3v) is 12.7. The molecule has 0 saturated heterocycles. The predicted octanol–water partition coefficient (Wildman–Crippen LogP) is 14.2. The monoisotopic (exact) mass is 926 g/mol. The van der Waals surface area contributed by atoms with Crippen LogP contribution in [0.4, 0.5) is 0 Å². The lowest BCUT2D eigenvalue weighted by atomic mass is 10.0. The second-order valence-electron chi connectivity index (χ2n) is 12.4. The van der Waals surface area contributed by atoms with Crippen molar-refractivity contribution in [1.82, 2.24) is 18.5 Å². The predicted molar refractivity (Wildman–Crippen MR) is 232 cm³/mol. The molecule has 2 aliphatic rings. The Morgan fingerprint density at radius 3 is 1.35 bits per heavy atom. The van der Waals surface area contributed by atoms with Gasteiger partial charge in [-0.15, -0.1) is 0 Å². The molecule has 7 aromatic rings. The van der Waals surface area contributed by atoms with Crippen molar-refractivity contribution in [3.63, 3.8) is 0 Å². The maximum atomic E-state index is 5.46. The van der Waals surface area contributed by atoms with Crippen LogP contribution in [0, 0.1) is 0 Å². The van der Waals surface area contributed by atoms with Crippen molar-refractivity contribution in [1.29, 1.82) is 0 Å². The molecule has 5 heterocycles. The fraction of sp³-hybridized carbons (Fsp3) is 0. The van der Waals surface area contributed by atoms with Crippen LogP contribution in [-0.2, 0) is 0 Å². The molecule has 4 nitrogen and oxygen atoms in total. The van der Waals surface area contributed by atoms with Crippen LogP contribution >= 0.6 is 63.9 Å². The van der Waals surface area contributed by atoms with Crippen LogP contribution in [0.1, 0.15) is 22.8 Å². The zero-order valence-electron chi connectivity index (χ0n) is 27.3. The molecule has 2 aliphatic heterocycles. The third-order valence-electron chi connectivity index (χ3n) is 9.32. The van der Waals surface area contributed by atoms with Gasteiger partial charge in [-0.1, -0.05) is 121 Å². The molecule has 0 saturated carbocycles. The van der Waals surface area contributed by atoms with Crippen LogP contribution < -0.4 is 0 Å². The first-order chi connectivity index (χ1) is 25.5. The summed E-state index contributed by atoms with van der Waals surface area (Å²) in [4.78, 5) is 14.7. The fourth-order valence-electron chi connectivity index (χ4n) is 7.03. The molecule has 0 spiro atoms. The van der Waals surface area contributed by atoms with E-state index in [0.717, 1.165) is 103 Å². The van der Waals surface area contributed by atoms with Gasteiger partial charge in [-0.05, 0) is 100 Å². The van der Waals surface area contributed by atoms with E-state index in [0.29, 0.717) is 0 Å². The van der Waals surface area contributed by atoms with Crippen molar-refractivity contribution in [2.45, 2.75) is 0 Å². The lowest BCUT2D eigenvalue weighted by Crippen LogP contribution is -1.92. The van der Waals surface area contributed by atoms with E-state index >= 15 is 0 Å². The molecule has 3 aromatic heterocycles. The van der Waals surface area contributed by atoms with Gasteiger partial charge < -0.3 is 4.98 Å². The molecule has 4 aromatic carbocycles. The summed E-state index contributed by atoms with van der Waals surface area (Å²) in [5.41, 5.74) is 15.2. The summed E-state index contributed by atoms with van der Waals surface area (Å²) in [5.74, 6) is 0. The van der Waals surface area contributed by atoms with Crippen LogP contribution in [0.5, 0.6) is 0 Å². The Kier molecular flexibility index (Phi) is 8.79. The standard InChI is InChI=1S/C44H26Br4N4/c45-30-25-35-37(27-15-7-2-8-16-27)33-22-21-31(49-33)36(26-13-5-1-6-14-26)32-23-24-34(50-32)38(28-17-9-3-10-18-28)43-40(46)41(47)44(52(43)48)39(42(30)51-35)29-19-11-4-12-20-29/h1-25,49H. The minimum Gasteiger partial charge on any atom is -0.354 e. The van der Waals surface area contributed by atoms with Crippen molar-refractivity contribution >= 4 is 109 Å². The zero-order chi connectivity index (χ0) is 35.3. The van der Waals surface area contributed by atoms with Gasteiger partial charge in [-0.25, -0.2) is 9.97 Å². The molecule has 0 aliphatic carbocycles. The normalized spacial score (nSPS) is 12.3. The second kappa shape index (κ2) is 13.7. The number of aromatic amines is 1. The summed E-state index contributed by atoms with van der Waals surface area (Å²) >= 11 is 16.1. The molecule has 1 N–H and O–H groups in total. The summed E-state index contributed by atoms with van der Waals surface area (Å²) in [6, 6.07) is 46.0. The van der Waals surface area contributed by atoms with Gasteiger partial charge in [0.2, 0.25) is 0 Å². The molecule has 0 atom stereocenters. The van der Waals surface area contributed by atoms with E-state index in [4.69, 9.17) is 9.97 Å². The lowest BCUT2D eigenvalue weighted by Gasteiger charge is -2.10. The number of aromatic nitrogens is 4. The zero-order valence-corrected chi connectivity index (χ0v) is 33.6. The Morgan fingerprint density at radius 1 is 0.442 bits per heavy atom. The van der Waals surface area contributed by atoms with Crippen molar-refractivity contribution in [2.75, 3.05) is 0 Å². The largest absolute Gasteiger partial charge is 0.354 e. The highest BCUT2D eigenvalue weighted by Gasteiger charge is 2.26. The van der Waals surface area contributed by atoms with Gasteiger partial charge in [0.25, 0.3) is 0 Å². The molecule has 250 valence electrons. The van der Waals surface area contributed by atoms with Crippen LogP contribution in [0.15, 0.2) is 142 Å². The molecule has 0 unspecified atom stereocenters. The first-order valence-electron chi connectivity index (χ1n) is 16.6. The van der Waals surface area contributed by atoms with Crippen LogP contribution in [-0.4, -0.2) is 18.5 Å². The third kappa shape index (κ3) is 5.69. The van der Waals surface area contributed by atoms with Crippen molar-refractivity contribution < 1.29 is 0 Å². The Balaban J connectivity index is 1.57. The summed E-state index contributed by atoms with van der Waals surface area (Å²) < 4.78 is 4.74. The van der Waals surface area contributed by atoms with Crippen LogP contribution in [0.25, 0.3) is 89.3 Å². The molecule has 0 amide bonds.